The van der Waals surface area contributed by atoms with E-state index in [-0.39, 0.29) is 31.9 Å². The maximum Gasteiger partial charge on any atom is 0.313 e. The van der Waals surface area contributed by atoms with Crippen LogP contribution < -0.4 is 10.2 Å². The molecule has 0 unspecified atom stereocenters. The van der Waals surface area contributed by atoms with Crippen LogP contribution in [-0.4, -0.2) is 90.4 Å². The van der Waals surface area contributed by atoms with Gasteiger partial charge < -0.3 is 34.4 Å². The quantitative estimate of drug-likeness (QED) is 0.254. The molecule has 7 rings (SSSR count). The molecule has 2 saturated heterocycles. The minimum atomic E-state index is -1.62. The predicted octanol–water partition coefficient (Wildman–Crippen LogP) is 4.50. The van der Waals surface area contributed by atoms with Crippen LogP contribution in [-0.2, 0) is 39.8 Å². The molecule has 0 aliphatic carbocycles. The Morgan fingerprint density at radius 2 is 1.72 bits per heavy atom. The summed E-state index contributed by atoms with van der Waals surface area (Å²) in [7, 11) is 1.50. The first-order chi connectivity index (χ1) is 26.2. The summed E-state index contributed by atoms with van der Waals surface area (Å²) in [6, 6.07) is 21.0. The zero-order valence-corrected chi connectivity index (χ0v) is 30.9. The van der Waals surface area contributed by atoms with E-state index in [1.807, 2.05) is 61.5 Å². The number of amides is 3. The zero-order chi connectivity index (χ0) is 38.0. The standard InChI is InChI=1S/C42H44ClN3O8/c1-26-13-11-18-30(43)36(26)45-22-12-21-42-35(39(49)46(38(42)40(45)50)29(24-47)23-27-14-5-3-6-15-27)34-32(54-42)19-9-10-20-33(48)44-31(25-52-2)37(53-41(34)51)28-16-7-4-8-17-28/h3-9,11-19,21,29,31-32,34-35,37-38,47H,10,20,22-25H2,1-2H3,(H,44,48)/b19-9-/t29-,31+,32+,34-,35-,37+,38+,42-/m1/s1. The number of esters is 1. The first-order valence-electron chi connectivity index (χ1n) is 18.3. The van der Waals surface area contributed by atoms with Gasteiger partial charge in [-0.2, -0.15) is 0 Å². The number of rotatable bonds is 8. The van der Waals surface area contributed by atoms with Gasteiger partial charge in [0.2, 0.25) is 11.8 Å². The van der Waals surface area contributed by atoms with Gasteiger partial charge in [0.05, 0.1) is 48.0 Å². The summed E-state index contributed by atoms with van der Waals surface area (Å²) >= 11 is 6.74. The lowest BCUT2D eigenvalue weighted by Gasteiger charge is -2.39. The lowest BCUT2D eigenvalue weighted by molar-refractivity contribution is -0.162. The highest BCUT2D eigenvalue weighted by Gasteiger charge is 2.72. The molecule has 4 aliphatic heterocycles. The molecule has 282 valence electrons. The number of ether oxygens (including phenoxy) is 3. The molecular formula is C42H44ClN3O8. The number of benzene rings is 3. The van der Waals surface area contributed by atoms with Gasteiger partial charge in [-0.1, -0.05) is 109 Å². The Balaban J connectivity index is 1.36. The number of aryl methyl sites for hydroxylation is 1. The fraction of sp³-hybridized carbons (Fsp3) is 0.381. The molecule has 2 N–H and O–H groups in total. The molecule has 11 nitrogen and oxygen atoms in total. The molecule has 4 heterocycles. The highest BCUT2D eigenvalue weighted by atomic mass is 35.5. The van der Waals surface area contributed by atoms with Crippen molar-refractivity contribution >= 4 is 41.0 Å². The highest BCUT2D eigenvalue weighted by molar-refractivity contribution is 6.34. The number of nitrogens with zero attached hydrogens (tertiary/aromatic N) is 2. The Hall–Kier alpha value is -4.81. The number of halogens is 1. The van der Waals surface area contributed by atoms with Gasteiger partial charge in [0.1, 0.15) is 23.7 Å². The van der Waals surface area contributed by atoms with Gasteiger partial charge in [-0.15, -0.1) is 0 Å². The van der Waals surface area contributed by atoms with Crippen molar-refractivity contribution in [2.75, 3.05) is 31.8 Å². The topological polar surface area (TPSA) is 135 Å². The van der Waals surface area contributed by atoms with Gasteiger partial charge in [0.25, 0.3) is 5.91 Å². The van der Waals surface area contributed by atoms with Crippen LogP contribution in [0.2, 0.25) is 5.02 Å². The molecule has 3 amide bonds. The monoisotopic (exact) mass is 753 g/mol. The molecule has 2 fully saturated rings. The molecule has 8 atom stereocenters. The molecule has 4 aliphatic rings. The summed E-state index contributed by atoms with van der Waals surface area (Å²) < 4.78 is 18.8. The van der Waals surface area contributed by atoms with Gasteiger partial charge in [-0.3, -0.25) is 19.2 Å². The molecule has 3 aromatic rings. The van der Waals surface area contributed by atoms with Gasteiger partial charge in [0.15, 0.2) is 0 Å². The fourth-order valence-electron chi connectivity index (χ4n) is 8.53. The van der Waals surface area contributed by atoms with Gasteiger partial charge in [-0.25, -0.2) is 0 Å². The summed E-state index contributed by atoms with van der Waals surface area (Å²) in [4.78, 5) is 61.3. The number of carbonyl (C=O) groups is 4. The minimum Gasteiger partial charge on any atom is -0.455 e. The Kier molecular flexibility index (Phi) is 11.0. The third-order valence-electron chi connectivity index (χ3n) is 10.9. The number of methoxy groups -OCH3 is 1. The molecule has 12 heteroatoms. The molecule has 0 aromatic heterocycles. The van der Waals surface area contributed by atoms with Crippen molar-refractivity contribution in [3.05, 3.63) is 125 Å². The molecule has 3 aromatic carbocycles. The number of aliphatic hydroxyl groups excluding tert-OH is 1. The van der Waals surface area contributed by atoms with Crippen molar-refractivity contribution in [1.82, 2.24) is 10.2 Å². The number of anilines is 1. The van der Waals surface area contributed by atoms with Crippen LogP contribution in [0.25, 0.3) is 0 Å². The Morgan fingerprint density at radius 3 is 2.43 bits per heavy atom. The maximum atomic E-state index is 15.2. The van der Waals surface area contributed by atoms with E-state index < -0.39 is 72.2 Å². The zero-order valence-electron chi connectivity index (χ0n) is 30.2. The molecule has 0 saturated carbocycles. The van der Waals surface area contributed by atoms with Crippen molar-refractivity contribution in [2.45, 2.75) is 62.1 Å². The average molecular weight is 754 g/mol. The summed E-state index contributed by atoms with van der Waals surface area (Å²) in [6.45, 7) is 1.58. The molecule has 0 radical (unpaired) electrons. The summed E-state index contributed by atoms with van der Waals surface area (Å²) in [5.41, 5.74) is 1.12. The maximum absolute atomic E-state index is 15.2. The van der Waals surface area contributed by atoms with Crippen LogP contribution >= 0.6 is 11.6 Å². The van der Waals surface area contributed by atoms with Crippen LogP contribution in [0.4, 0.5) is 5.69 Å². The van der Waals surface area contributed by atoms with Crippen molar-refractivity contribution in [2.24, 2.45) is 11.8 Å². The largest absolute Gasteiger partial charge is 0.455 e. The van der Waals surface area contributed by atoms with E-state index in [0.717, 1.165) is 11.1 Å². The van der Waals surface area contributed by atoms with E-state index in [9.17, 15) is 14.7 Å². The average Bonchev–Trinajstić information content (AvgIpc) is 3.56. The van der Waals surface area contributed by atoms with E-state index in [1.54, 1.807) is 53.5 Å². The lowest BCUT2D eigenvalue weighted by atomic mass is 9.77. The highest BCUT2D eigenvalue weighted by Crippen LogP contribution is 2.54. The van der Waals surface area contributed by atoms with Crippen LogP contribution in [0.15, 0.2) is 103 Å². The second-order valence-corrected chi connectivity index (χ2v) is 14.6. The van der Waals surface area contributed by atoms with Crippen molar-refractivity contribution in [3.8, 4) is 0 Å². The van der Waals surface area contributed by atoms with Crippen LogP contribution in [0.1, 0.15) is 35.6 Å². The number of fused-ring (bicyclic) bond motifs is 2. The number of hydrogen-bond donors (Lipinski definition) is 2. The fourth-order valence-corrected chi connectivity index (χ4v) is 8.85. The molecule has 54 heavy (non-hydrogen) atoms. The number of aliphatic hydroxyl groups is 1. The minimum absolute atomic E-state index is 0.0490. The van der Waals surface area contributed by atoms with Gasteiger partial charge in [-0.05, 0) is 42.5 Å². The van der Waals surface area contributed by atoms with Crippen molar-refractivity contribution in [1.29, 1.82) is 0 Å². The van der Waals surface area contributed by atoms with Crippen LogP contribution in [0.5, 0.6) is 0 Å². The molecular weight excluding hydrogens is 710 g/mol. The number of carbonyl (C=O) groups excluding carboxylic acids is 4. The second-order valence-electron chi connectivity index (χ2n) is 14.2. The first-order valence-corrected chi connectivity index (χ1v) is 18.7. The Labute approximate surface area is 319 Å². The van der Waals surface area contributed by atoms with E-state index in [0.29, 0.717) is 22.7 Å². The molecule has 1 spiro atoms. The third-order valence-corrected chi connectivity index (χ3v) is 11.2. The van der Waals surface area contributed by atoms with Gasteiger partial charge in [0, 0.05) is 20.1 Å². The number of cyclic esters (lactones) is 1. The molecule has 0 bridgehead atoms. The van der Waals surface area contributed by atoms with E-state index in [2.05, 4.69) is 5.32 Å². The number of allylic oxidation sites excluding steroid dienone is 1. The SMILES string of the molecule is COC[C@@H]1NC(=O)CC/C=C\[C@@H]2O[C@@]34C=CCN(c5c(C)cccc5Cl)C(=O)[C@@H]3N([C@@H](CO)Cc3ccccc3)C(=O)[C@H]4[C@@H]2C(=O)O[C@H]1c1ccccc1. The van der Waals surface area contributed by atoms with Crippen LogP contribution in [0.3, 0.4) is 0 Å². The number of likely N-dealkylation sites (tertiary alicyclic amines) is 1. The Morgan fingerprint density at radius 1 is 0.981 bits per heavy atom. The number of para-hydroxylation sites is 1. The summed E-state index contributed by atoms with van der Waals surface area (Å²) in [6.07, 6.45) is 5.75. The Bertz CT molecular complexity index is 1920. The van der Waals surface area contributed by atoms with Crippen molar-refractivity contribution in [3.63, 3.8) is 0 Å². The van der Waals surface area contributed by atoms with E-state index in [1.165, 1.54) is 12.0 Å². The third kappa shape index (κ3) is 6.86. The summed E-state index contributed by atoms with van der Waals surface area (Å²) in [5, 5.41) is 14.3. The number of nitrogens with one attached hydrogen (secondary N) is 1. The summed E-state index contributed by atoms with van der Waals surface area (Å²) in [5.74, 6) is -4.31. The second kappa shape index (κ2) is 15.9. The van der Waals surface area contributed by atoms with Crippen LogP contribution in [0, 0.1) is 18.8 Å². The normalized spacial score (nSPS) is 29.6. The van der Waals surface area contributed by atoms with E-state index >= 15 is 9.59 Å². The van der Waals surface area contributed by atoms with Gasteiger partial charge >= 0.3 is 5.97 Å². The predicted molar refractivity (Wildman–Crippen MR) is 201 cm³/mol. The van der Waals surface area contributed by atoms with E-state index in [4.69, 9.17) is 25.8 Å². The number of hydrogen-bond acceptors (Lipinski definition) is 8. The van der Waals surface area contributed by atoms with Crippen molar-refractivity contribution < 1.29 is 38.5 Å². The first kappa shape index (κ1) is 37.5. The lowest BCUT2D eigenvalue weighted by Crippen LogP contribution is -2.58. The smallest absolute Gasteiger partial charge is 0.313 e.